The van der Waals surface area contributed by atoms with Gasteiger partial charge in [-0.05, 0) is 42.5 Å². The number of hydrogen-bond donors (Lipinski definition) is 1. The lowest BCUT2D eigenvalue weighted by Gasteiger charge is -2.28. The van der Waals surface area contributed by atoms with Gasteiger partial charge in [0.2, 0.25) is 5.67 Å². The SMILES string of the molecule is O=C(O)C1(F)CCCc2cc(OCc3ccccc3)ccc21. The van der Waals surface area contributed by atoms with Gasteiger partial charge in [0.05, 0.1) is 0 Å². The first kappa shape index (κ1) is 14.6. The van der Waals surface area contributed by atoms with Crippen LogP contribution in [0.25, 0.3) is 0 Å². The second kappa shape index (κ2) is 5.79. The molecule has 0 fully saturated rings. The molecule has 0 saturated carbocycles. The molecule has 1 atom stereocenters. The van der Waals surface area contributed by atoms with Crippen molar-refractivity contribution in [3.63, 3.8) is 0 Å². The molecule has 0 aliphatic heterocycles. The van der Waals surface area contributed by atoms with Crippen LogP contribution in [0.4, 0.5) is 4.39 Å². The third kappa shape index (κ3) is 2.69. The van der Waals surface area contributed by atoms with Crippen LogP contribution in [-0.2, 0) is 23.5 Å². The number of aliphatic carboxylic acids is 1. The zero-order valence-corrected chi connectivity index (χ0v) is 12.1. The number of halogens is 1. The predicted molar refractivity (Wildman–Crippen MR) is 80.6 cm³/mol. The molecule has 3 nitrogen and oxygen atoms in total. The lowest BCUT2D eigenvalue weighted by atomic mass is 9.80. The third-order valence-electron chi connectivity index (χ3n) is 4.06. The minimum atomic E-state index is -2.27. The first-order chi connectivity index (χ1) is 10.6. The summed E-state index contributed by atoms with van der Waals surface area (Å²) in [6.07, 6.45) is 1.23. The summed E-state index contributed by atoms with van der Waals surface area (Å²) in [6, 6.07) is 14.7. The molecule has 3 rings (SSSR count). The van der Waals surface area contributed by atoms with E-state index in [1.807, 2.05) is 30.3 Å². The van der Waals surface area contributed by atoms with Gasteiger partial charge in [0.25, 0.3) is 0 Å². The number of fused-ring (bicyclic) bond motifs is 1. The Morgan fingerprint density at radius 2 is 2.00 bits per heavy atom. The second-order valence-electron chi connectivity index (χ2n) is 5.55. The second-order valence-corrected chi connectivity index (χ2v) is 5.55. The fourth-order valence-electron chi connectivity index (χ4n) is 2.87. The fourth-order valence-corrected chi connectivity index (χ4v) is 2.87. The van der Waals surface area contributed by atoms with E-state index in [-0.39, 0.29) is 12.0 Å². The molecule has 4 heteroatoms. The van der Waals surface area contributed by atoms with Crippen LogP contribution in [0, 0.1) is 0 Å². The highest BCUT2D eigenvalue weighted by Gasteiger charge is 2.44. The molecular formula is C18H17FO3. The van der Waals surface area contributed by atoms with Crippen LogP contribution in [-0.4, -0.2) is 11.1 Å². The van der Waals surface area contributed by atoms with Gasteiger partial charge in [0.1, 0.15) is 12.4 Å². The van der Waals surface area contributed by atoms with E-state index in [1.165, 1.54) is 0 Å². The molecule has 0 amide bonds. The fraction of sp³-hybridized carbons (Fsp3) is 0.278. The number of aryl methyl sites for hydroxylation is 1. The van der Waals surface area contributed by atoms with Gasteiger partial charge in [-0.15, -0.1) is 0 Å². The van der Waals surface area contributed by atoms with Crippen molar-refractivity contribution < 1.29 is 19.0 Å². The van der Waals surface area contributed by atoms with E-state index in [0.717, 1.165) is 11.1 Å². The quantitative estimate of drug-likeness (QED) is 0.933. The van der Waals surface area contributed by atoms with Crippen LogP contribution in [0.1, 0.15) is 29.5 Å². The Labute approximate surface area is 128 Å². The van der Waals surface area contributed by atoms with E-state index in [2.05, 4.69) is 0 Å². The summed E-state index contributed by atoms with van der Waals surface area (Å²) in [5.74, 6) is -0.774. The monoisotopic (exact) mass is 300 g/mol. The van der Waals surface area contributed by atoms with Gasteiger partial charge in [0, 0.05) is 5.56 Å². The lowest BCUT2D eigenvalue weighted by molar-refractivity contribution is -0.152. The van der Waals surface area contributed by atoms with Crippen molar-refractivity contribution in [1.82, 2.24) is 0 Å². The van der Waals surface area contributed by atoms with Crippen molar-refractivity contribution in [1.29, 1.82) is 0 Å². The molecule has 114 valence electrons. The molecule has 1 aliphatic rings. The van der Waals surface area contributed by atoms with Crippen molar-refractivity contribution in [2.75, 3.05) is 0 Å². The maximum absolute atomic E-state index is 14.6. The van der Waals surface area contributed by atoms with E-state index < -0.39 is 11.6 Å². The van der Waals surface area contributed by atoms with E-state index in [1.54, 1.807) is 18.2 Å². The third-order valence-corrected chi connectivity index (χ3v) is 4.06. The van der Waals surface area contributed by atoms with E-state index in [0.29, 0.717) is 25.2 Å². The maximum atomic E-state index is 14.6. The molecule has 1 unspecified atom stereocenters. The molecule has 0 heterocycles. The number of rotatable bonds is 4. The molecule has 0 radical (unpaired) electrons. The number of hydrogen-bond acceptors (Lipinski definition) is 2. The minimum absolute atomic E-state index is 0.0273. The van der Waals surface area contributed by atoms with Crippen LogP contribution in [0.5, 0.6) is 5.75 Å². The Hall–Kier alpha value is -2.36. The summed E-state index contributed by atoms with van der Waals surface area (Å²) in [4.78, 5) is 11.2. The lowest BCUT2D eigenvalue weighted by Crippen LogP contribution is -2.34. The highest BCUT2D eigenvalue weighted by Crippen LogP contribution is 2.40. The average Bonchev–Trinajstić information content (AvgIpc) is 2.54. The topological polar surface area (TPSA) is 46.5 Å². The maximum Gasteiger partial charge on any atom is 0.346 e. The van der Waals surface area contributed by atoms with Crippen LogP contribution in [0.2, 0.25) is 0 Å². The smallest absolute Gasteiger partial charge is 0.346 e. The minimum Gasteiger partial charge on any atom is -0.489 e. The number of benzene rings is 2. The molecule has 0 spiro atoms. The van der Waals surface area contributed by atoms with Crippen molar-refractivity contribution in [3.8, 4) is 5.75 Å². The van der Waals surface area contributed by atoms with Crippen molar-refractivity contribution in [2.45, 2.75) is 31.5 Å². The van der Waals surface area contributed by atoms with Crippen LogP contribution < -0.4 is 4.74 Å². The molecule has 2 aromatic rings. The Bertz CT molecular complexity index is 684. The standard InChI is InChI=1S/C18H17FO3/c19-18(17(20)21)10-4-7-14-11-15(8-9-16(14)18)22-12-13-5-2-1-3-6-13/h1-3,5-6,8-9,11H,4,7,10,12H2,(H,20,21). The van der Waals surface area contributed by atoms with Crippen LogP contribution >= 0.6 is 0 Å². The molecule has 1 N–H and O–H groups in total. The van der Waals surface area contributed by atoms with E-state index in [9.17, 15) is 9.18 Å². The van der Waals surface area contributed by atoms with Gasteiger partial charge in [-0.3, -0.25) is 0 Å². The van der Waals surface area contributed by atoms with Gasteiger partial charge in [-0.25, -0.2) is 9.18 Å². The van der Waals surface area contributed by atoms with Crippen LogP contribution in [0.3, 0.4) is 0 Å². The Kier molecular flexibility index (Phi) is 3.84. The van der Waals surface area contributed by atoms with E-state index in [4.69, 9.17) is 9.84 Å². The Morgan fingerprint density at radius 1 is 1.23 bits per heavy atom. The Morgan fingerprint density at radius 3 is 2.73 bits per heavy atom. The molecule has 0 aromatic heterocycles. The zero-order chi connectivity index (χ0) is 15.6. The molecule has 2 aromatic carbocycles. The molecule has 0 bridgehead atoms. The molecule has 22 heavy (non-hydrogen) atoms. The Balaban J connectivity index is 1.81. The number of carboxylic acid groups (broad SMARTS) is 1. The average molecular weight is 300 g/mol. The summed E-state index contributed by atoms with van der Waals surface area (Å²) in [5, 5.41) is 9.16. The predicted octanol–water partition coefficient (Wildman–Crippen LogP) is 3.85. The molecule has 1 aliphatic carbocycles. The molecule has 0 saturated heterocycles. The van der Waals surface area contributed by atoms with Crippen molar-refractivity contribution in [3.05, 3.63) is 65.2 Å². The summed E-state index contributed by atoms with van der Waals surface area (Å²) < 4.78 is 20.3. The molecular weight excluding hydrogens is 283 g/mol. The summed E-state index contributed by atoms with van der Waals surface area (Å²) >= 11 is 0. The van der Waals surface area contributed by atoms with Gasteiger partial charge in [0.15, 0.2) is 0 Å². The number of carboxylic acids is 1. The van der Waals surface area contributed by atoms with Gasteiger partial charge in [-0.1, -0.05) is 36.4 Å². The van der Waals surface area contributed by atoms with Crippen molar-refractivity contribution >= 4 is 5.97 Å². The first-order valence-electron chi connectivity index (χ1n) is 7.32. The zero-order valence-electron chi connectivity index (χ0n) is 12.1. The van der Waals surface area contributed by atoms with Gasteiger partial charge < -0.3 is 9.84 Å². The number of carbonyl (C=O) groups is 1. The summed E-state index contributed by atoms with van der Waals surface area (Å²) in [7, 11) is 0. The number of ether oxygens (including phenoxy) is 1. The highest BCUT2D eigenvalue weighted by atomic mass is 19.1. The first-order valence-corrected chi connectivity index (χ1v) is 7.32. The highest BCUT2D eigenvalue weighted by molar-refractivity contribution is 5.80. The largest absolute Gasteiger partial charge is 0.489 e. The van der Waals surface area contributed by atoms with Crippen molar-refractivity contribution in [2.24, 2.45) is 0 Å². The number of alkyl halides is 1. The summed E-state index contributed by atoms with van der Waals surface area (Å²) in [6.45, 7) is 0.430. The van der Waals surface area contributed by atoms with Crippen LogP contribution in [0.15, 0.2) is 48.5 Å². The summed E-state index contributed by atoms with van der Waals surface area (Å²) in [5.41, 5.74) is -0.239. The van der Waals surface area contributed by atoms with E-state index >= 15 is 0 Å². The van der Waals surface area contributed by atoms with Gasteiger partial charge in [-0.2, -0.15) is 0 Å². The normalized spacial score (nSPS) is 20.2. The van der Waals surface area contributed by atoms with Gasteiger partial charge >= 0.3 is 5.97 Å².